The first-order chi connectivity index (χ1) is 11.4. The lowest BCUT2D eigenvalue weighted by Gasteiger charge is -2.18. The summed E-state index contributed by atoms with van der Waals surface area (Å²) in [4.78, 5) is 23.1. The highest BCUT2D eigenvalue weighted by Crippen LogP contribution is 2.20. The molecule has 0 aliphatic rings. The van der Waals surface area contributed by atoms with E-state index in [9.17, 15) is 9.59 Å². The predicted octanol–water partition coefficient (Wildman–Crippen LogP) is 3.70. The van der Waals surface area contributed by atoms with Crippen LogP contribution >= 0.6 is 23.2 Å². The number of hydrogen-bond donors (Lipinski definition) is 2. The number of carboxylic acid groups (broad SMARTS) is 1. The number of hydrogen-bond acceptors (Lipinski definition) is 3. The van der Waals surface area contributed by atoms with E-state index in [-0.39, 0.29) is 13.0 Å². The fourth-order valence-corrected chi connectivity index (χ4v) is 2.29. The number of carbonyl (C=O) groups is 2. The van der Waals surface area contributed by atoms with Crippen molar-refractivity contribution in [3.8, 4) is 5.75 Å². The zero-order valence-corrected chi connectivity index (χ0v) is 14.1. The summed E-state index contributed by atoms with van der Waals surface area (Å²) in [5, 5.41) is 12.8. The molecule has 5 nitrogen and oxygen atoms in total. The molecule has 0 aliphatic heterocycles. The van der Waals surface area contributed by atoms with E-state index in [0.717, 1.165) is 0 Å². The van der Waals surface area contributed by atoms with Crippen LogP contribution in [0.15, 0.2) is 48.5 Å². The van der Waals surface area contributed by atoms with Gasteiger partial charge in [0.15, 0.2) is 6.61 Å². The third-order valence-electron chi connectivity index (χ3n) is 3.17. The van der Waals surface area contributed by atoms with Crippen molar-refractivity contribution in [3.05, 3.63) is 64.1 Å². The van der Waals surface area contributed by atoms with Crippen LogP contribution in [0.25, 0.3) is 0 Å². The summed E-state index contributed by atoms with van der Waals surface area (Å²) in [6.07, 6.45) is -0.242. The van der Waals surface area contributed by atoms with Crippen molar-refractivity contribution in [1.82, 2.24) is 5.32 Å². The van der Waals surface area contributed by atoms with Crippen LogP contribution in [0.3, 0.4) is 0 Å². The zero-order chi connectivity index (χ0) is 17.5. The Kier molecular flexibility index (Phi) is 6.46. The highest BCUT2D eigenvalue weighted by molar-refractivity contribution is 6.30. The van der Waals surface area contributed by atoms with E-state index in [2.05, 4.69) is 5.32 Å². The fraction of sp³-hybridized carbons (Fsp3) is 0.176. The Morgan fingerprint density at radius 1 is 1.00 bits per heavy atom. The second kappa shape index (κ2) is 8.57. The molecule has 24 heavy (non-hydrogen) atoms. The van der Waals surface area contributed by atoms with Gasteiger partial charge < -0.3 is 15.2 Å². The van der Waals surface area contributed by atoms with Gasteiger partial charge in [0.25, 0.3) is 5.91 Å². The minimum absolute atomic E-state index is 0.231. The first kappa shape index (κ1) is 18.1. The van der Waals surface area contributed by atoms with Gasteiger partial charge in [-0.1, -0.05) is 35.3 Å². The lowest BCUT2D eigenvalue weighted by Crippen LogP contribution is -2.33. The zero-order valence-electron chi connectivity index (χ0n) is 12.5. The molecule has 0 unspecified atom stereocenters. The molecule has 2 aromatic carbocycles. The standard InChI is InChI=1S/C17H15Cl2NO4/c18-12-3-1-11(2-4-12)15(9-17(22)23)20-16(21)10-24-14-7-5-13(19)6-8-14/h1-8,15H,9-10H2,(H,20,21)(H,22,23)/t15-/m0/s1. The summed E-state index contributed by atoms with van der Waals surface area (Å²) < 4.78 is 5.34. The monoisotopic (exact) mass is 367 g/mol. The van der Waals surface area contributed by atoms with E-state index >= 15 is 0 Å². The minimum Gasteiger partial charge on any atom is -0.484 e. The molecule has 0 radical (unpaired) electrons. The number of halogens is 2. The molecule has 126 valence electrons. The van der Waals surface area contributed by atoms with Crippen LogP contribution in [-0.2, 0) is 9.59 Å². The first-order valence-corrected chi connectivity index (χ1v) is 7.84. The lowest BCUT2D eigenvalue weighted by molar-refractivity contribution is -0.137. The molecule has 2 aromatic rings. The van der Waals surface area contributed by atoms with Gasteiger partial charge in [0.05, 0.1) is 12.5 Å². The molecule has 2 N–H and O–H groups in total. The van der Waals surface area contributed by atoms with Crippen molar-refractivity contribution in [2.24, 2.45) is 0 Å². The van der Waals surface area contributed by atoms with Crippen molar-refractivity contribution in [2.75, 3.05) is 6.61 Å². The molecule has 1 atom stereocenters. The molecule has 1 amide bonds. The second-order valence-corrected chi connectivity index (χ2v) is 5.88. The third-order valence-corrected chi connectivity index (χ3v) is 3.67. The van der Waals surface area contributed by atoms with Crippen LogP contribution in [0, 0.1) is 0 Å². The van der Waals surface area contributed by atoms with E-state index in [1.807, 2.05) is 0 Å². The third kappa shape index (κ3) is 5.76. The normalized spacial score (nSPS) is 11.6. The summed E-state index contributed by atoms with van der Waals surface area (Å²) in [6.45, 7) is -0.231. The molecule has 7 heteroatoms. The molecule has 2 rings (SSSR count). The smallest absolute Gasteiger partial charge is 0.305 e. The second-order valence-electron chi connectivity index (χ2n) is 5.01. The number of ether oxygens (including phenoxy) is 1. The highest BCUT2D eigenvalue weighted by atomic mass is 35.5. The average molecular weight is 368 g/mol. The van der Waals surface area contributed by atoms with Gasteiger partial charge in [-0.3, -0.25) is 9.59 Å². The van der Waals surface area contributed by atoms with Crippen LogP contribution in [0.5, 0.6) is 5.75 Å². The summed E-state index contributed by atoms with van der Waals surface area (Å²) in [6, 6.07) is 12.6. The maximum atomic E-state index is 12.0. The number of nitrogens with one attached hydrogen (secondary N) is 1. The molecular formula is C17H15Cl2NO4. The van der Waals surface area contributed by atoms with Crippen LogP contribution in [0.1, 0.15) is 18.0 Å². The van der Waals surface area contributed by atoms with Gasteiger partial charge in [-0.05, 0) is 42.0 Å². The molecule has 0 spiro atoms. The predicted molar refractivity (Wildman–Crippen MR) is 91.5 cm³/mol. The highest BCUT2D eigenvalue weighted by Gasteiger charge is 2.18. The number of carbonyl (C=O) groups excluding carboxylic acids is 1. The van der Waals surface area contributed by atoms with Crippen molar-refractivity contribution in [1.29, 1.82) is 0 Å². The lowest BCUT2D eigenvalue weighted by atomic mass is 10.0. The molecule has 0 aromatic heterocycles. The largest absolute Gasteiger partial charge is 0.484 e. The molecule has 0 saturated heterocycles. The van der Waals surface area contributed by atoms with E-state index < -0.39 is 17.9 Å². The number of benzene rings is 2. The molecule has 0 heterocycles. The molecule has 0 fully saturated rings. The summed E-state index contributed by atoms with van der Waals surface area (Å²) in [7, 11) is 0. The Morgan fingerprint density at radius 2 is 1.54 bits per heavy atom. The van der Waals surface area contributed by atoms with Crippen molar-refractivity contribution >= 4 is 35.1 Å². The maximum Gasteiger partial charge on any atom is 0.305 e. The van der Waals surface area contributed by atoms with Gasteiger partial charge in [-0.15, -0.1) is 0 Å². The first-order valence-electron chi connectivity index (χ1n) is 7.09. The molecule has 0 saturated carbocycles. The van der Waals surface area contributed by atoms with E-state index in [0.29, 0.717) is 21.4 Å². The van der Waals surface area contributed by atoms with Crippen molar-refractivity contribution in [3.63, 3.8) is 0 Å². The van der Waals surface area contributed by atoms with E-state index in [4.69, 9.17) is 33.0 Å². The van der Waals surface area contributed by atoms with Crippen LogP contribution < -0.4 is 10.1 Å². The Morgan fingerprint density at radius 3 is 2.08 bits per heavy atom. The molecule has 0 bridgehead atoms. The van der Waals surface area contributed by atoms with Gasteiger partial charge in [-0.2, -0.15) is 0 Å². The van der Waals surface area contributed by atoms with Gasteiger partial charge in [0.2, 0.25) is 0 Å². The summed E-state index contributed by atoms with van der Waals surface area (Å²) in [5.74, 6) is -0.948. The van der Waals surface area contributed by atoms with Gasteiger partial charge in [0.1, 0.15) is 5.75 Å². The number of amides is 1. The van der Waals surface area contributed by atoms with Crippen molar-refractivity contribution < 1.29 is 19.4 Å². The fourth-order valence-electron chi connectivity index (χ4n) is 2.04. The van der Waals surface area contributed by atoms with Crippen molar-refractivity contribution in [2.45, 2.75) is 12.5 Å². The molecule has 0 aliphatic carbocycles. The summed E-state index contributed by atoms with van der Waals surface area (Å²) in [5.41, 5.74) is 0.654. The topological polar surface area (TPSA) is 75.6 Å². The molecular weight excluding hydrogens is 353 g/mol. The number of rotatable bonds is 7. The number of aliphatic carboxylic acids is 1. The Hall–Kier alpha value is -2.24. The van der Waals surface area contributed by atoms with Crippen LogP contribution in [0.4, 0.5) is 0 Å². The minimum atomic E-state index is -1.02. The Bertz CT molecular complexity index is 702. The van der Waals surface area contributed by atoms with E-state index in [1.165, 1.54) is 0 Å². The SMILES string of the molecule is O=C(O)C[C@H](NC(=O)COc1ccc(Cl)cc1)c1ccc(Cl)cc1. The maximum absolute atomic E-state index is 12.0. The Labute approximate surface area is 149 Å². The average Bonchev–Trinajstić information content (AvgIpc) is 2.54. The quantitative estimate of drug-likeness (QED) is 0.781. The van der Waals surface area contributed by atoms with Gasteiger partial charge in [0, 0.05) is 10.0 Å². The van der Waals surface area contributed by atoms with Crippen LogP contribution in [0.2, 0.25) is 10.0 Å². The van der Waals surface area contributed by atoms with Gasteiger partial charge >= 0.3 is 5.97 Å². The van der Waals surface area contributed by atoms with Crippen LogP contribution in [-0.4, -0.2) is 23.6 Å². The van der Waals surface area contributed by atoms with E-state index in [1.54, 1.807) is 48.5 Å². The summed E-state index contributed by atoms with van der Waals surface area (Å²) >= 11 is 11.6. The van der Waals surface area contributed by atoms with Gasteiger partial charge in [-0.25, -0.2) is 0 Å². The number of carboxylic acids is 1. The Balaban J connectivity index is 1.97.